The van der Waals surface area contributed by atoms with Gasteiger partial charge in [-0.2, -0.15) is 0 Å². The van der Waals surface area contributed by atoms with Gasteiger partial charge in [0.1, 0.15) is 0 Å². The summed E-state index contributed by atoms with van der Waals surface area (Å²) >= 11 is 1.80. The van der Waals surface area contributed by atoms with Crippen LogP contribution < -0.4 is 4.90 Å². The Balaban J connectivity index is 1.79. The zero-order chi connectivity index (χ0) is 11.0. The van der Waals surface area contributed by atoms with Crippen molar-refractivity contribution in [2.45, 2.75) is 45.1 Å². The molecule has 1 aromatic heterocycles. The minimum Gasteiger partial charge on any atom is -0.345 e. The van der Waals surface area contributed by atoms with Gasteiger partial charge in [-0.05, 0) is 43.9 Å². The fraction of sp³-hybridized carbons (Fsp3) is 0.769. The smallest absolute Gasteiger partial charge is 0.185 e. The molecule has 0 unspecified atom stereocenters. The molecule has 3 heteroatoms. The lowest BCUT2D eigenvalue weighted by molar-refractivity contribution is 0.476. The summed E-state index contributed by atoms with van der Waals surface area (Å²) in [6.45, 7) is 3.46. The van der Waals surface area contributed by atoms with Gasteiger partial charge >= 0.3 is 0 Å². The van der Waals surface area contributed by atoms with E-state index in [-0.39, 0.29) is 0 Å². The summed E-state index contributed by atoms with van der Waals surface area (Å²) in [4.78, 5) is 7.13. The topological polar surface area (TPSA) is 16.1 Å². The van der Waals surface area contributed by atoms with Crippen molar-refractivity contribution >= 4 is 16.5 Å². The van der Waals surface area contributed by atoms with Gasteiger partial charge < -0.3 is 4.90 Å². The Morgan fingerprint density at radius 3 is 2.50 bits per heavy atom. The first kappa shape index (κ1) is 10.6. The Hall–Kier alpha value is -0.570. The molecule has 2 nitrogen and oxygen atoms in total. The highest BCUT2D eigenvalue weighted by Crippen LogP contribution is 2.48. The van der Waals surface area contributed by atoms with E-state index in [1.165, 1.54) is 43.8 Å². The first-order valence-electron chi connectivity index (χ1n) is 6.56. The van der Waals surface area contributed by atoms with E-state index in [9.17, 15) is 0 Å². The first-order valence-corrected chi connectivity index (χ1v) is 7.44. The number of aromatic nitrogens is 1. The van der Waals surface area contributed by atoms with Crippen LogP contribution in [0.1, 0.15) is 39.0 Å². The van der Waals surface area contributed by atoms with Crippen molar-refractivity contribution in [1.82, 2.24) is 4.98 Å². The summed E-state index contributed by atoms with van der Waals surface area (Å²) in [5.41, 5.74) is 0. The van der Waals surface area contributed by atoms with Crippen molar-refractivity contribution in [1.29, 1.82) is 0 Å². The van der Waals surface area contributed by atoms with Gasteiger partial charge in [-0.3, -0.25) is 0 Å². The van der Waals surface area contributed by atoms with Gasteiger partial charge in [0, 0.05) is 24.2 Å². The van der Waals surface area contributed by atoms with Gasteiger partial charge in [-0.15, -0.1) is 11.3 Å². The number of nitrogens with zero attached hydrogens (tertiary/aromatic N) is 2. The van der Waals surface area contributed by atoms with Crippen LogP contribution in [0.2, 0.25) is 0 Å². The highest BCUT2D eigenvalue weighted by molar-refractivity contribution is 7.13. The van der Waals surface area contributed by atoms with E-state index in [0.29, 0.717) is 0 Å². The van der Waals surface area contributed by atoms with Crippen LogP contribution in [0.3, 0.4) is 0 Å². The lowest BCUT2D eigenvalue weighted by Gasteiger charge is -2.31. The van der Waals surface area contributed by atoms with E-state index in [1.807, 2.05) is 6.20 Å². The van der Waals surface area contributed by atoms with Crippen LogP contribution in [0, 0.1) is 11.8 Å². The summed E-state index contributed by atoms with van der Waals surface area (Å²) in [7, 11) is 0. The molecule has 0 bridgehead atoms. The Kier molecular flexibility index (Phi) is 2.88. The number of hydrogen-bond acceptors (Lipinski definition) is 3. The maximum Gasteiger partial charge on any atom is 0.185 e. The second-order valence-electron chi connectivity index (χ2n) is 5.17. The predicted octanol–water partition coefficient (Wildman–Crippen LogP) is 3.55. The van der Waals surface area contributed by atoms with E-state index >= 15 is 0 Å². The zero-order valence-corrected chi connectivity index (χ0v) is 10.7. The van der Waals surface area contributed by atoms with Crippen LogP contribution in [-0.4, -0.2) is 17.6 Å². The summed E-state index contributed by atoms with van der Waals surface area (Å²) in [5, 5.41) is 3.36. The van der Waals surface area contributed by atoms with Gasteiger partial charge in [-0.25, -0.2) is 4.98 Å². The Morgan fingerprint density at radius 2 is 2.06 bits per heavy atom. The van der Waals surface area contributed by atoms with Gasteiger partial charge in [0.25, 0.3) is 0 Å². The maximum atomic E-state index is 4.52. The molecule has 1 aromatic rings. The van der Waals surface area contributed by atoms with E-state index in [1.54, 1.807) is 11.3 Å². The quantitative estimate of drug-likeness (QED) is 0.751. The Bertz CT molecular complexity index is 316. The van der Waals surface area contributed by atoms with Crippen LogP contribution in [0.15, 0.2) is 11.6 Å². The van der Waals surface area contributed by atoms with Gasteiger partial charge in [0.2, 0.25) is 0 Å². The molecular weight excluding hydrogens is 216 g/mol. The van der Waals surface area contributed by atoms with Crippen molar-refractivity contribution in [2.75, 3.05) is 11.4 Å². The second-order valence-corrected chi connectivity index (χ2v) is 6.05. The molecule has 0 aromatic carbocycles. The van der Waals surface area contributed by atoms with Crippen LogP contribution >= 0.6 is 11.3 Å². The number of rotatable bonds is 6. The normalized spacial score (nSPS) is 20.4. The number of anilines is 1. The first-order chi connectivity index (χ1) is 7.90. The summed E-state index contributed by atoms with van der Waals surface area (Å²) in [5.74, 6) is 1.95. The summed E-state index contributed by atoms with van der Waals surface area (Å²) in [6, 6.07) is 0.811. The molecule has 0 spiro atoms. The van der Waals surface area contributed by atoms with Crippen LogP contribution in [0.4, 0.5) is 5.13 Å². The molecule has 1 heterocycles. The second kappa shape index (κ2) is 4.36. The number of thiazole rings is 1. The van der Waals surface area contributed by atoms with E-state index in [0.717, 1.165) is 17.9 Å². The van der Waals surface area contributed by atoms with Crippen molar-refractivity contribution in [3.8, 4) is 0 Å². The minimum atomic E-state index is 0.811. The Morgan fingerprint density at radius 1 is 1.38 bits per heavy atom. The molecule has 2 aliphatic rings. The van der Waals surface area contributed by atoms with Crippen LogP contribution in [-0.2, 0) is 0 Å². The SMILES string of the molecule is CCCN(c1nccs1)C(C1CC1)C1CC1. The molecule has 0 amide bonds. The zero-order valence-electron chi connectivity index (χ0n) is 9.93. The molecule has 0 saturated heterocycles. The number of hydrogen-bond donors (Lipinski definition) is 0. The minimum absolute atomic E-state index is 0.811. The van der Waals surface area contributed by atoms with Crippen LogP contribution in [0.25, 0.3) is 0 Å². The van der Waals surface area contributed by atoms with Gasteiger partial charge in [-0.1, -0.05) is 6.92 Å². The van der Waals surface area contributed by atoms with E-state index < -0.39 is 0 Å². The maximum absolute atomic E-state index is 4.52. The molecule has 3 rings (SSSR count). The fourth-order valence-corrected chi connectivity index (χ4v) is 3.45. The van der Waals surface area contributed by atoms with Crippen molar-refractivity contribution in [2.24, 2.45) is 11.8 Å². The molecule has 2 aliphatic carbocycles. The molecule has 0 aliphatic heterocycles. The van der Waals surface area contributed by atoms with Crippen molar-refractivity contribution in [3.05, 3.63) is 11.6 Å². The van der Waals surface area contributed by atoms with Crippen molar-refractivity contribution < 1.29 is 0 Å². The highest BCUT2D eigenvalue weighted by atomic mass is 32.1. The predicted molar refractivity (Wildman–Crippen MR) is 69.0 cm³/mol. The third-order valence-corrected chi connectivity index (χ3v) is 4.51. The van der Waals surface area contributed by atoms with E-state index in [2.05, 4.69) is 22.2 Å². The van der Waals surface area contributed by atoms with Crippen LogP contribution in [0.5, 0.6) is 0 Å². The molecule has 2 fully saturated rings. The third kappa shape index (κ3) is 2.10. The van der Waals surface area contributed by atoms with Gasteiger partial charge in [0.15, 0.2) is 5.13 Å². The standard InChI is InChI=1S/C13H20N2S/c1-2-8-15(13-14-7-9-16-13)12(10-3-4-10)11-5-6-11/h7,9-12H,2-6,8H2,1H3. The molecule has 0 atom stereocenters. The van der Waals surface area contributed by atoms with Crippen molar-refractivity contribution in [3.63, 3.8) is 0 Å². The molecular formula is C13H20N2S. The monoisotopic (exact) mass is 236 g/mol. The molecule has 0 N–H and O–H groups in total. The molecule has 0 radical (unpaired) electrons. The largest absolute Gasteiger partial charge is 0.345 e. The average molecular weight is 236 g/mol. The molecule has 2 saturated carbocycles. The lowest BCUT2D eigenvalue weighted by atomic mass is 10.1. The van der Waals surface area contributed by atoms with Gasteiger partial charge in [0.05, 0.1) is 0 Å². The molecule has 88 valence electrons. The Labute approximate surface area is 102 Å². The highest BCUT2D eigenvalue weighted by Gasteiger charge is 2.45. The summed E-state index contributed by atoms with van der Waals surface area (Å²) in [6.07, 6.45) is 8.98. The third-order valence-electron chi connectivity index (χ3n) is 3.70. The van der Waals surface area contributed by atoms with E-state index in [4.69, 9.17) is 0 Å². The molecule has 16 heavy (non-hydrogen) atoms. The fourth-order valence-electron chi connectivity index (χ4n) is 2.74. The summed E-state index contributed by atoms with van der Waals surface area (Å²) < 4.78 is 0. The average Bonchev–Trinajstić information content (AvgIpc) is 3.21. The lowest BCUT2D eigenvalue weighted by Crippen LogP contribution is -2.39.